The third-order valence-corrected chi connectivity index (χ3v) is 7.35. The van der Waals surface area contributed by atoms with Crippen molar-refractivity contribution in [1.29, 1.82) is 0 Å². The van der Waals surface area contributed by atoms with E-state index in [0.717, 1.165) is 4.05 Å². The highest BCUT2D eigenvalue weighted by Crippen LogP contribution is 1.90. The topological polar surface area (TPSA) is 0 Å². The van der Waals surface area contributed by atoms with Gasteiger partial charge in [0.25, 0.3) is 0 Å². The quantitative estimate of drug-likeness (QED) is 0.451. The van der Waals surface area contributed by atoms with E-state index in [1.165, 1.54) is 7.89 Å². The van der Waals surface area contributed by atoms with E-state index in [2.05, 4.69) is 13.8 Å². The Hall–Kier alpha value is 1.27. The van der Waals surface area contributed by atoms with Crippen molar-refractivity contribution in [3.8, 4) is 0 Å². The second-order valence-electron chi connectivity index (χ2n) is 1.80. The van der Waals surface area contributed by atoms with Gasteiger partial charge >= 0.3 is 19.6 Å². The van der Waals surface area contributed by atoms with E-state index in [-0.39, 0.29) is 12.4 Å². The SMILES string of the molecule is C[CH](C)[Mg][SiH3].Cl. The van der Waals surface area contributed by atoms with Gasteiger partial charge in [-0.1, -0.05) is 13.8 Å². The predicted octanol–water partition coefficient (Wildman–Crippen LogP) is 0.221. The van der Waals surface area contributed by atoms with Crippen LogP contribution in [0, 0.1) is 0 Å². The van der Waals surface area contributed by atoms with E-state index in [9.17, 15) is 0 Å². The Morgan fingerprint density at radius 3 is 1.67 bits per heavy atom. The summed E-state index contributed by atoms with van der Waals surface area (Å²) in [6.07, 6.45) is 0. The first-order valence-electron chi connectivity index (χ1n) is 2.27. The van der Waals surface area contributed by atoms with Gasteiger partial charge in [-0.05, 0) is 0 Å². The van der Waals surface area contributed by atoms with Gasteiger partial charge in [0.1, 0.15) is 0 Å². The molecule has 0 aliphatic heterocycles. The van der Waals surface area contributed by atoms with Crippen LogP contribution in [0.3, 0.4) is 0 Å². The molecule has 36 valence electrons. The molecule has 0 aliphatic rings. The lowest BCUT2D eigenvalue weighted by atomic mass is 10.6. The molecule has 0 aromatic rings. The fraction of sp³-hybridized carbons (Fsp3) is 1.00. The van der Waals surface area contributed by atoms with Crippen molar-refractivity contribution in [2.45, 2.75) is 17.9 Å². The third kappa shape index (κ3) is 8.99. The molecule has 0 rings (SSSR count). The number of hydrogen-bond acceptors (Lipinski definition) is 0. The summed E-state index contributed by atoms with van der Waals surface area (Å²) in [6.45, 7) is 4.64. The minimum absolute atomic E-state index is 0. The average Bonchev–Trinajstić information content (AvgIpc) is 1.38. The zero-order valence-corrected chi connectivity index (χ0v) is 8.92. The predicted molar refractivity (Wildman–Crippen MR) is 38.0 cm³/mol. The maximum Gasteiger partial charge on any atom is 0.354 e. The summed E-state index contributed by atoms with van der Waals surface area (Å²) in [4.78, 5) is 0. The Morgan fingerprint density at radius 1 is 1.50 bits per heavy atom. The number of rotatable bonds is 1. The lowest BCUT2D eigenvalue weighted by molar-refractivity contribution is 1.07. The molecule has 0 bridgehead atoms. The van der Waals surface area contributed by atoms with Crippen LogP contribution in [0.1, 0.15) is 13.8 Å². The molecular formula is C3H11ClMgSi. The van der Waals surface area contributed by atoms with Gasteiger partial charge in [-0.3, -0.25) is 0 Å². The summed E-state index contributed by atoms with van der Waals surface area (Å²) in [5.41, 5.74) is 0. The summed E-state index contributed by atoms with van der Waals surface area (Å²) in [6, 6.07) is 0. The van der Waals surface area contributed by atoms with Gasteiger partial charge in [-0.2, -0.15) is 0 Å². The van der Waals surface area contributed by atoms with Crippen molar-refractivity contribution in [1.82, 2.24) is 0 Å². The van der Waals surface area contributed by atoms with E-state index in [0.29, 0.717) is 19.6 Å². The first kappa shape index (κ1) is 10.3. The van der Waals surface area contributed by atoms with Crippen molar-refractivity contribution < 1.29 is 0 Å². The fourth-order valence-corrected chi connectivity index (χ4v) is 0. The number of halogens is 1. The third-order valence-electron chi connectivity index (χ3n) is 0.816. The van der Waals surface area contributed by atoms with Crippen molar-refractivity contribution in [2.75, 3.05) is 0 Å². The Kier molecular flexibility index (Phi) is 10.8. The molecule has 3 heteroatoms. The minimum Gasteiger partial charge on any atom is -0.147 e. The summed E-state index contributed by atoms with van der Waals surface area (Å²) in [5, 5.41) is 0. The van der Waals surface area contributed by atoms with Crippen molar-refractivity contribution >= 4 is 39.9 Å². The molecule has 0 spiro atoms. The Labute approximate surface area is 57.8 Å². The summed E-state index contributed by atoms with van der Waals surface area (Å²) in [5.74, 6) is 0. The highest BCUT2D eigenvalue weighted by atomic mass is 35.5. The van der Waals surface area contributed by atoms with Crippen LogP contribution in [0.5, 0.6) is 0 Å². The van der Waals surface area contributed by atoms with Crippen molar-refractivity contribution in [3.63, 3.8) is 0 Å². The Balaban J connectivity index is 0. The summed E-state index contributed by atoms with van der Waals surface area (Å²) < 4.78 is 1.08. The molecule has 0 atom stereocenters. The second-order valence-corrected chi connectivity index (χ2v) is 6.70. The first-order valence-corrected chi connectivity index (χ1v) is 8.74. The molecule has 6 heavy (non-hydrogen) atoms. The normalized spacial score (nSPS) is 7.17. The molecule has 0 radical (unpaired) electrons. The largest absolute Gasteiger partial charge is 0.354 e. The molecule has 0 heterocycles. The van der Waals surface area contributed by atoms with Crippen LogP contribution in [0.15, 0.2) is 0 Å². The van der Waals surface area contributed by atoms with Crippen molar-refractivity contribution in [2.24, 2.45) is 0 Å². The highest BCUT2D eigenvalue weighted by molar-refractivity contribution is 6.90. The van der Waals surface area contributed by atoms with Crippen LogP contribution in [-0.4, -0.2) is 27.5 Å². The molecule has 0 aromatic carbocycles. The van der Waals surface area contributed by atoms with Gasteiger partial charge in [0, 0.05) is 0 Å². The monoisotopic (exact) mass is 134 g/mol. The van der Waals surface area contributed by atoms with Crippen molar-refractivity contribution in [3.05, 3.63) is 0 Å². The summed E-state index contributed by atoms with van der Waals surface area (Å²) >= 11 is 0.488. The summed E-state index contributed by atoms with van der Waals surface area (Å²) in [7, 11) is 1.51. The lowest BCUT2D eigenvalue weighted by Gasteiger charge is -1.87. The van der Waals surface area contributed by atoms with Crippen LogP contribution in [0.25, 0.3) is 0 Å². The molecule has 0 aromatic heterocycles. The molecule has 0 nitrogen and oxygen atoms in total. The highest BCUT2D eigenvalue weighted by Gasteiger charge is 1.87. The molecule has 0 fully saturated rings. The van der Waals surface area contributed by atoms with E-state index >= 15 is 0 Å². The molecule has 0 saturated carbocycles. The second kappa shape index (κ2) is 6.27. The maximum absolute atomic E-state index is 2.32. The van der Waals surface area contributed by atoms with Crippen LogP contribution in [0.4, 0.5) is 0 Å². The van der Waals surface area contributed by atoms with Gasteiger partial charge < -0.3 is 0 Å². The van der Waals surface area contributed by atoms with Gasteiger partial charge in [0.05, 0.1) is 0 Å². The van der Waals surface area contributed by atoms with Crippen LogP contribution < -0.4 is 0 Å². The molecule has 0 unspecified atom stereocenters. The Bertz CT molecular complexity index is 24.8. The van der Waals surface area contributed by atoms with Crippen LogP contribution in [0.2, 0.25) is 4.05 Å². The molecule has 0 saturated heterocycles. The first-order chi connectivity index (χ1) is 2.27. The molecule has 0 N–H and O–H groups in total. The molecule has 0 amide bonds. The van der Waals surface area contributed by atoms with Gasteiger partial charge in [-0.25, -0.2) is 0 Å². The zero-order chi connectivity index (χ0) is 4.28. The maximum atomic E-state index is 2.32. The van der Waals surface area contributed by atoms with Crippen LogP contribution in [-0.2, 0) is 0 Å². The smallest absolute Gasteiger partial charge is 0.147 e. The van der Waals surface area contributed by atoms with Gasteiger partial charge in [0.15, 0.2) is 0 Å². The van der Waals surface area contributed by atoms with E-state index < -0.39 is 0 Å². The van der Waals surface area contributed by atoms with E-state index in [4.69, 9.17) is 0 Å². The zero-order valence-electron chi connectivity index (χ0n) is 4.69. The molecular weight excluding hydrogens is 124 g/mol. The lowest BCUT2D eigenvalue weighted by Crippen LogP contribution is -1.91. The van der Waals surface area contributed by atoms with Gasteiger partial charge in [0.2, 0.25) is 0 Å². The van der Waals surface area contributed by atoms with Crippen LogP contribution >= 0.6 is 12.4 Å². The van der Waals surface area contributed by atoms with E-state index in [1.807, 2.05) is 0 Å². The minimum atomic E-state index is 0. The average molecular weight is 135 g/mol. The molecule has 0 aliphatic carbocycles. The standard InChI is InChI=1S/C3H7.ClH.Mg.H3Si/c1-3-2;;;/h3H,1-2H3;1H;;1H3. The fourth-order valence-electron chi connectivity index (χ4n) is 0. The Morgan fingerprint density at radius 2 is 1.67 bits per heavy atom. The van der Waals surface area contributed by atoms with Gasteiger partial charge in [-0.15, -0.1) is 24.3 Å². The number of hydrogen-bond donors (Lipinski definition) is 0. The van der Waals surface area contributed by atoms with E-state index in [1.54, 1.807) is 0 Å².